The maximum Gasteiger partial charge on any atom is 0.254 e. The number of fused-ring (bicyclic) bond motifs is 1. The summed E-state index contributed by atoms with van der Waals surface area (Å²) in [5, 5.41) is 6.28. The molecule has 0 N–H and O–H groups in total. The number of halogens is 1. The number of aromatic nitrogens is 3. The highest BCUT2D eigenvalue weighted by Gasteiger charge is 2.39. The van der Waals surface area contributed by atoms with Gasteiger partial charge in [0, 0.05) is 44.7 Å². The molecule has 2 aliphatic rings. The maximum absolute atomic E-state index is 13.6. The van der Waals surface area contributed by atoms with Crippen molar-refractivity contribution in [3.8, 4) is 5.69 Å². The number of rotatable bonds is 7. The second-order valence-corrected chi connectivity index (χ2v) is 14.0. The number of piperazine rings is 1. The lowest BCUT2D eigenvalue weighted by atomic mass is 9.81. The molecule has 2 aromatic heterocycles. The van der Waals surface area contributed by atoms with Gasteiger partial charge in [0.15, 0.2) is 4.21 Å². The van der Waals surface area contributed by atoms with Gasteiger partial charge in [0.05, 0.1) is 34.7 Å². The minimum atomic E-state index is -3.63. The minimum Gasteiger partial charge on any atom is -0.381 e. The smallest absolute Gasteiger partial charge is 0.254 e. The SMILES string of the molecule is COC1CC(CN2CCN(S(=O)(=O)c3cnc(C)s3)C[C@H]2c2cc3cnn(-c4ccc(F)cc4)c3cc2C)C1. The van der Waals surface area contributed by atoms with Crippen LogP contribution in [0.1, 0.15) is 35.0 Å². The molecule has 1 aliphatic carbocycles. The number of sulfonamides is 1. The molecule has 6 rings (SSSR count). The third-order valence-corrected chi connectivity index (χ3v) is 11.3. The monoisotopic (exact) mass is 569 g/mol. The molecular weight excluding hydrogens is 537 g/mol. The fourth-order valence-corrected chi connectivity index (χ4v) is 8.51. The molecule has 3 heterocycles. The van der Waals surface area contributed by atoms with E-state index in [2.05, 4.69) is 34.0 Å². The highest BCUT2D eigenvalue weighted by Crippen LogP contribution is 2.37. The van der Waals surface area contributed by atoms with Crippen molar-refractivity contribution in [2.75, 3.05) is 33.3 Å². The van der Waals surface area contributed by atoms with E-state index in [-0.39, 0.29) is 11.9 Å². The lowest BCUT2D eigenvalue weighted by Gasteiger charge is -2.45. The van der Waals surface area contributed by atoms with Crippen LogP contribution in [0.25, 0.3) is 16.6 Å². The average Bonchev–Trinajstić information content (AvgIpc) is 3.52. The van der Waals surface area contributed by atoms with Crippen LogP contribution in [0.2, 0.25) is 0 Å². The maximum atomic E-state index is 13.6. The zero-order valence-electron chi connectivity index (χ0n) is 22.2. The Labute approximate surface area is 232 Å². The average molecular weight is 570 g/mol. The Morgan fingerprint density at radius 1 is 1.10 bits per heavy atom. The zero-order chi connectivity index (χ0) is 27.3. The molecule has 0 bridgehead atoms. The van der Waals surface area contributed by atoms with Gasteiger partial charge in [-0.05, 0) is 80.1 Å². The van der Waals surface area contributed by atoms with Crippen molar-refractivity contribution in [3.63, 3.8) is 0 Å². The van der Waals surface area contributed by atoms with Gasteiger partial charge in [0.2, 0.25) is 0 Å². The minimum absolute atomic E-state index is 0.0947. The molecule has 11 heteroatoms. The van der Waals surface area contributed by atoms with Crippen LogP contribution >= 0.6 is 11.3 Å². The van der Waals surface area contributed by atoms with Crippen LogP contribution in [0.15, 0.2) is 53.0 Å². The Balaban J connectivity index is 1.35. The fraction of sp³-hybridized carbons (Fsp3) is 0.429. The van der Waals surface area contributed by atoms with Crippen LogP contribution in [0.4, 0.5) is 4.39 Å². The van der Waals surface area contributed by atoms with Gasteiger partial charge in [-0.25, -0.2) is 22.5 Å². The molecule has 4 aromatic rings. The summed E-state index contributed by atoms with van der Waals surface area (Å²) in [5.74, 6) is 0.248. The molecule has 206 valence electrons. The van der Waals surface area contributed by atoms with E-state index in [9.17, 15) is 12.8 Å². The van der Waals surface area contributed by atoms with Gasteiger partial charge < -0.3 is 4.74 Å². The van der Waals surface area contributed by atoms with Crippen LogP contribution in [-0.4, -0.2) is 71.8 Å². The molecule has 1 atom stereocenters. The molecular formula is C28H32FN5O3S2. The molecule has 0 unspecified atom stereocenters. The van der Waals surface area contributed by atoms with Gasteiger partial charge in [0.25, 0.3) is 10.0 Å². The van der Waals surface area contributed by atoms with Crippen molar-refractivity contribution in [1.82, 2.24) is 24.0 Å². The number of methoxy groups -OCH3 is 1. The molecule has 2 fully saturated rings. The Morgan fingerprint density at radius 3 is 2.56 bits per heavy atom. The first kappa shape index (κ1) is 26.5. The summed E-state index contributed by atoms with van der Waals surface area (Å²) >= 11 is 1.22. The van der Waals surface area contributed by atoms with Gasteiger partial charge in [0.1, 0.15) is 5.82 Å². The van der Waals surface area contributed by atoms with Gasteiger partial charge in [-0.15, -0.1) is 11.3 Å². The first-order valence-corrected chi connectivity index (χ1v) is 15.4. The lowest BCUT2D eigenvalue weighted by Crippen LogP contribution is -2.52. The van der Waals surface area contributed by atoms with Crippen molar-refractivity contribution in [1.29, 1.82) is 0 Å². The first-order valence-electron chi connectivity index (χ1n) is 13.2. The quantitative estimate of drug-likeness (QED) is 0.321. The molecule has 2 aromatic carbocycles. The van der Waals surface area contributed by atoms with Gasteiger partial charge in [-0.2, -0.15) is 9.40 Å². The van der Waals surface area contributed by atoms with Gasteiger partial charge in [-0.1, -0.05) is 0 Å². The topological polar surface area (TPSA) is 80.6 Å². The highest BCUT2D eigenvalue weighted by atomic mass is 32.2. The van der Waals surface area contributed by atoms with E-state index in [1.54, 1.807) is 23.5 Å². The summed E-state index contributed by atoms with van der Waals surface area (Å²) in [7, 11) is -1.87. The van der Waals surface area contributed by atoms with Crippen molar-refractivity contribution in [3.05, 3.63) is 70.7 Å². The predicted molar refractivity (Wildman–Crippen MR) is 149 cm³/mol. The lowest BCUT2D eigenvalue weighted by molar-refractivity contribution is -0.0216. The molecule has 1 saturated heterocycles. The van der Waals surface area contributed by atoms with E-state index in [1.165, 1.54) is 29.7 Å². The molecule has 0 amide bonds. The van der Waals surface area contributed by atoms with E-state index in [1.807, 2.05) is 17.8 Å². The van der Waals surface area contributed by atoms with Crippen LogP contribution < -0.4 is 0 Å². The molecule has 8 nitrogen and oxygen atoms in total. The summed E-state index contributed by atoms with van der Waals surface area (Å²) in [6, 6.07) is 10.4. The largest absolute Gasteiger partial charge is 0.381 e. The van der Waals surface area contributed by atoms with E-state index >= 15 is 0 Å². The van der Waals surface area contributed by atoms with E-state index in [4.69, 9.17) is 4.74 Å². The molecule has 0 spiro atoms. The van der Waals surface area contributed by atoms with Crippen LogP contribution in [0, 0.1) is 25.6 Å². The van der Waals surface area contributed by atoms with Crippen LogP contribution in [0.3, 0.4) is 0 Å². The summed E-state index contributed by atoms with van der Waals surface area (Å²) < 4.78 is 49.8. The predicted octanol–water partition coefficient (Wildman–Crippen LogP) is 4.71. The van der Waals surface area contributed by atoms with E-state index < -0.39 is 10.0 Å². The standard InChI is InChI=1S/C28H32FN5O3S2/c1-18-10-26-21(14-31-34(26)23-6-4-22(29)5-7-23)13-25(18)27-17-33(39(35,36)28-15-30-19(2)38-28)9-8-32(27)16-20-11-24(12-20)37-3/h4-7,10,13-15,20,24,27H,8-9,11-12,16-17H2,1-3H3/t20?,24?,27-/m0/s1. The Hall–Kier alpha value is -2.70. The summed E-state index contributed by atoms with van der Waals surface area (Å²) in [6.45, 7) is 6.27. The number of hydrogen-bond donors (Lipinski definition) is 0. The fourth-order valence-electron chi connectivity index (χ4n) is 5.81. The third-order valence-electron chi connectivity index (χ3n) is 8.05. The number of benzene rings is 2. The van der Waals surface area contributed by atoms with Crippen molar-refractivity contribution >= 4 is 32.3 Å². The Kier molecular flexibility index (Phi) is 7.05. The van der Waals surface area contributed by atoms with Crippen molar-refractivity contribution in [2.45, 2.75) is 43.0 Å². The molecule has 1 aliphatic heterocycles. The summed E-state index contributed by atoms with van der Waals surface area (Å²) in [6.07, 6.45) is 5.67. The summed E-state index contributed by atoms with van der Waals surface area (Å²) in [4.78, 5) is 6.63. The van der Waals surface area contributed by atoms with Crippen LogP contribution in [0.5, 0.6) is 0 Å². The Bertz CT molecular complexity index is 1600. The third kappa shape index (κ3) is 5.02. The molecule has 0 radical (unpaired) electrons. The van der Waals surface area contributed by atoms with Crippen molar-refractivity contribution < 1.29 is 17.5 Å². The second-order valence-electron chi connectivity index (χ2n) is 10.6. The number of nitrogens with zero attached hydrogens (tertiary/aromatic N) is 5. The van der Waals surface area contributed by atoms with Gasteiger partial charge >= 0.3 is 0 Å². The molecule has 1 saturated carbocycles. The number of ether oxygens (including phenoxy) is 1. The number of hydrogen-bond acceptors (Lipinski definition) is 7. The highest BCUT2D eigenvalue weighted by molar-refractivity contribution is 7.91. The Morgan fingerprint density at radius 2 is 1.87 bits per heavy atom. The first-order chi connectivity index (χ1) is 18.7. The van der Waals surface area contributed by atoms with Crippen LogP contribution in [-0.2, 0) is 14.8 Å². The van der Waals surface area contributed by atoms with Crippen molar-refractivity contribution in [2.24, 2.45) is 5.92 Å². The second kappa shape index (κ2) is 10.4. The normalized spacial score (nSPS) is 22.8. The zero-order valence-corrected chi connectivity index (χ0v) is 23.9. The van der Waals surface area contributed by atoms with E-state index in [0.717, 1.165) is 52.1 Å². The number of thiazole rings is 1. The summed E-state index contributed by atoms with van der Waals surface area (Å²) in [5.41, 5.74) is 3.88. The number of aryl methyl sites for hydroxylation is 2. The van der Waals surface area contributed by atoms with E-state index in [0.29, 0.717) is 35.9 Å². The molecule has 39 heavy (non-hydrogen) atoms. The van der Waals surface area contributed by atoms with Gasteiger partial charge in [-0.3, -0.25) is 4.90 Å².